The lowest BCUT2D eigenvalue weighted by Crippen LogP contribution is -2.42. The lowest BCUT2D eigenvalue weighted by molar-refractivity contribution is 0.0963. The summed E-state index contributed by atoms with van der Waals surface area (Å²) in [6.07, 6.45) is 2.17. The number of carbonyl (C=O) groups excluding carboxylic acids is 1. The maximum atomic E-state index is 13.7. The first-order valence-electron chi connectivity index (χ1n) is 10.6. The number of carbonyl (C=O) groups is 1. The number of benzene rings is 3. The maximum Gasteiger partial charge on any atom is 0.261 e. The lowest BCUT2D eigenvalue weighted by atomic mass is 9.90. The fourth-order valence-corrected chi connectivity index (χ4v) is 4.42. The van der Waals surface area contributed by atoms with Gasteiger partial charge in [0.15, 0.2) is 0 Å². The molecule has 1 aliphatic rings. The van der Waals surface area contributed by atoms with E-state index in [0.717, 1.165) is 16.9 Å². The van der Waals surface area contributed by atoms with Gasteiger partial charge >= 0.3 is 0 Å². The molecule has 1 aliphatic heterocycles. The summed E-state index contributed by atoms with van der Waals surface area (Å²) in [5.74, 6) is 1.24. The number of methoxy groups -OCH3 is 1. The van der Waals surface area contributed by atoms with Crippen LogP contribution in [0.15, 0.2) is 85.2 Å². The van der Waals surface area contributed by atoms with Crippen LogP contribution in [0.1, 0.15) is 45.6 Å². The molecule has 0 aliphatic carbocycles. The van der Waals surface area contributed by atoms with Crippen LogP contribution < -0.4 is 9.64 Å². The highest BCUT2D eigenvalue weighted by Crippen LogP contribution is 2.44. The van der Waals surface area contributed by atoms with E-state index < -0.39 is 0 Å². The molecule has 1 aromatic heterocycles. The predicted molar refractivity (Wildman–Crippen MR) is 123 cm³/mol. The van der Waals surface area contributed by atoms with Crippen molar-refractivity contribution in [3.05, 3.63) is 107 Å². The van der Waals surface area contributed by atoms with E-state index in [0.29, 0.717) is 17.9 Å². The number of fused-ring (bicyclic) bond motifs is 1. The summed E-state index contributed by atoms with van der Waals surface area (Å²) in [5, 5.41) is 4.51. The van der Waals surface area contributed by atoms with E-state index in [1.54, 1.807) is 12.0 Å². The highest BCUT2D eigenvalue weighted by molar-refractivity contribution is 6.05. The Morgan fingerprint density at radius 2 is 1.66 bits per heavy atom. The van der Waals surface area contributed by atoms with Crippen LogP contribution in [0.3, 0.4) is 0 Å². The van der Waals surface area contributed by atoms with E-state index in [2.05, 4.69) is 47.3 Å². The first kappa shape index (κ1) is 20.0. The first-order valence-corrected chi connectivity index (χ1v) is 10.6. The van der Waals surface area contributed by atoms with Crippen molar-refractivity contribution in [2.75, 3.05) is 12.0 Å². The topological polar surface area (TPSA) is 60.2 Å². The molecule has 6 heteroatoms. The van der Waals surface area contributed by atoms with Crippen molar-refractivity contribution < 1.29 is 9.53 Å². The second-order valence-electron chi connectivity index (χ2n) is 7.97. The second-order valence-corrected chi connectivity index (χ2v) is 7.97. The summed E-state index contributed by atoms with van der Waals surface area (Å²) in [6.45, 7) is 2.06. The van der Waals surface area contributed by atoms with Gasteiger partial charge < -0.3 is 4.74 Å². The number of amides is 1. The van der Waals surface area contributed by atoms with Gasteiger partial charge in [-0.2, -0.15) is 10.1 Å². The molecule has 0 saturated heterocycles. The zero-order valence-corrected chi connectivity index (χ0v) is 18.1. The fraction of sp³-hybridized carbons (Fsp3) is 0.192. The van der Waals surface area contributed by atoms with Crippen molar-refractivity contribution in [1.82, 2.24) is 14.8 Å². The summed E-state index contributed by atoms with van der Waals surface area (Å²) in [6, 6.07) is 25.3. The van der Waals surface area contributed by atoms with Crippen molar-refractivity contribution in [3.8, 4) is 5.75 Å². The molecule has 0 fully saturated rings. The number of nitrogens with zero attached hydrogens (tertiary/aromatic N) is 4. The third-order valence-corrected chi connectivity index (χ3v) is 6.02. The summed E-state index contributed by atoms with van der Waals surface area (Å²) in [5.41, 5.74) is 3.88. The lowest BCUT2D eigenvalue weighted by Gasteiger charge is -2.39. The van der Waals surface area contributed by atoms with Gasteiger partial charge in [0.1, 0.15) is 12.1 Å². The molecule has 0 radical (unpaired) electrons. The number of anilines is 1. The van der Waals surface area contributed by atoms with Crippen LogP contribution in [-0.4, -0.2) is 27.8 Å². The largest absolute Gasteiger partial charge is 0.496 e. The molecule has 1 amide bonds. The third-order valence-electron chi connectivity index (χ3n) is 6.02. The number of rotatable bonds is 4. The Bertz CT molecular complexity index is 1230. The number of hydrogen-bond donors (Lipinski definition) is 0. The zero-order chi connectivity index (χ0) is 22.1. The molecule has 0 N–H and O–H groups in total. The molecule has 2 atom stereocenters. The van der Waals surface area contributed by atoms with E-state index in [9.17, 15) is 4.79 Å². The van der Waals surface area contributed by atoms with Crippen molar-refractivity contribution in [2.24, 2.45) is 0 Å². The zero-order valence-electron chi connectivity index (χ0n) is 18.1. The Morgan fingerprint density at radius 3 is 2.41 bits per heavy atom. The van der Waals surface area contributed by atoms with E-state index in [1.165, 1.54) is 11.9 Å². The van der Waals surface area contributed by atoms with Crippen LogP contribution in [0.4, 0.5) is 5.95 Å². The molecule has 3 aromatic carbocycles. The first-order chi connectivity index (χ1) is 15.7. The maximum absolute atomic E-state index is 13.7. The smallest absolute Gasteiger partial charge is 0.261 e. The highest BCUT2D eigenvalue weighted by atomic mass is 16.5. The highest BCUT2D eigenvalue weighted by Gasteiger charge is 2.40. The number of hydrogen-bond acceptors (Lipinski definition) is 4. The van der Waals surface area contributed by atoms with Gasteiger partial charge in [-0.25, -0.2) is 4.68 Å². The summed E-state index contributed by atoms with van der Waals surface area (Å²) < 4.78 is 7.49. The summed E-state index contributed by atoms with van der Waals surface area (Å²) in [4.78, 5) is 20.0. The van der Waals surface area contributed by atoms with Crippen LogP contribution in [0.5, 0.6) is 5.75 Å². The van der Waals surface area contributed by atoms with E-state index in [1.807, 2.05) is 53.2 Å². The predicted octanol–water partition coefficient (Wildman–Crippen LogP) is 4.98. The van der Waals surface area contributed by atoms with Gasteiger partial charge in [-0.1, -0.05) is 66.2 Å². The van der Waals surface area contributed by atoms with Gasteiger partial charge in [0, 0.05) is 11.1 Å². The minimum absolute atomic E-state index is 0.0936. The molecule has 5 rings (SSSR count). The SMILES string of the molecule is COc1ccccc1[C@H]1C[C@@H](c2ccc(C)cc2)N(C(=O)c2ccccc2)c2ncnn21. The minimum atomic E-state index is -0.199. The molecule has 0 spiro atoms. The van der Waals surface area contributed by atoms with Crippen molar-refractivity contribution in [3.63, 3.8) is 0 Å². The van der Waals surface area contributed by atoms with Crippen LogP contribution in [-0.2, 0) is 0 Å². The Morgan fingerprint density at radius 1 is 0.938 bits per heavy atom. The molecule has 4 aromatic rings. The van der Waals surface area contributed by atoms with Crippen molar-refractivity contribution >= 4 is 11.9 Å². The standard InChI is InChI=1S/C26H24N4O2/c1-18-12-14-19(15-13-18)22-16-23(21-10-6-7-11-24(21)32-2)30-26(27-17-28-30)29(22)25(31)20-8-4-3-5-9-20/h3-15,17,22-23H,16H2,1-2H3/t22-,23+/m0/s1. The van der Waals surface area contributed by atoms with Crippen LogP contribution in [0.25, 0.3) is 0 Å². The van der Waals surface area contributed by atoms with Gasteiger partial charge in [0.05, 0.1) is 19.2 Å². The molecule has 0 saturated carbocycles. The van der Waals surface area contributed by atoms with Crippen LogP contribution in [0, 0.1) is 6.92 Å². The molecule has 2 heterocycles. The average molecular weight is 425 g/mol. The van der Waals surface area contributed by atoms with Crippen molar-refractivity contribution in [2.45, 2.75) is 25.4 Å². The Balaban J connectivity index is 1.67. The number of aryl methyl sites for hydroxylation is 1. The minimum Gasteiger partial charge on any atom is -0.496 e. The molecular formula is C26H24N4O2. The van der Waals surface area contributed by atoms with Gasteiger partial charge in [-0.15, -0.1) is 0 Å². The summed E-state index contributed by atoms with van der Waals surface area (Å²) in [7, 11) is 1.67. The van der Waals surface area contributed by atoms with Gasteiger partial charge in [0.25, 0.3) is 5.91 Å². The second kappa shape index (κ2) is 8.30. The normalized spacial score (nSPS) is 17.6. The number of para-hydroxylation sites is 1. The molecule has 0 unspecified atom stereocenters. The Kier molecular flexibility index (Phi) is 5.19. The van der Waals surface area contributed by atoms with Crippen molar-refractivity contribution in [1.29, 1.82) is 0 Å². The quantitative estimate of drug-likeness (QED) is 0.464. The Hall–Kier alpha value is -3.93. The van der Waals surface area contributed by atoms with Gasteiger partial charge in [0.2, 0.25) is 5.95 Å². The van der Waals surface area contributed by atoms with E-state index in [-0.39, 0.29) is 18.0 Å². The fourth-order valence-electron chi connectivity index (χ4n) is 4.42. The monoisotopic (exact) mass is 424 g/mol. The number of aromatic nitrogens is 3. The summed E-state index contributed by atoms with van der Waals surface area (Å²) >= 11 is 0. The molecule has 160 valence electrons. The van der Waals surface area contributed by atoms with Crippen LogP contribution in [0.2, 0.25) is 0 Å². The van der Waals surface area contributed by atoms with Gasteiger partial charge in [-0.05, 0) is 37.1 Å². The Labute approximate surface area is 187 Å². The number of ether oxygens (including phenoxy) is 1. The molecule has 6 nitrogen and oxygen atoms in total. The van der Waals surface area contributed by atoms with E-state index >= 15 is 0 Å². The third kappa shape index (κ3) is 3.43. The molecule has 32 heavy (non-hydrogen) atoms. The van der Waals surface area contributed by atoms with Crippen LogP contribution >= 0.6 is 0 Å². The molecule has 0 bridgehead atoms. The van der Waals surface area contributed by atoms with Gasteiger partial charge in [-0.3, -0.25) is 9.69 Å². The average Bonchev–Trinajstić information content (AvgIpc) is 3.33. The van der Waals surface area contributed by atoms with E-state index in [4.69, 9.17) is 4.74 Å². The molecular weight excluding hydrogens is 400 g/mol.